The third-order valence-corrected chi connectivity index (χ3v) is 9.93. The molecule has 5 rings (SSSR count). The largest absolute Gasteiger partial charge is 0.490 e. The van der Waals surface area contributed by atoms with Crippen LogP contribution in [0.25, 0.3) is 0 Å². The van der Waals surface area contributed by atoms with Gasteiger partial charge in [0.25, 0.3) is 0 Å². The van der Waals surface area contributed by atoms with Crippen molar-refractivity contribution < 1.29 is 4.74 Å². The van der Waals surface area contributed by atoms with Crippen LogP contribution in [0.2, 0.25) is 0 Å². The first-order valence-corrected chi connectivity index (χ1v) is 13.9. The van der Waals surface area contributed by atoms with Crippen LogP contribution in [-0.4, -0.2) is 23.9 Å². The van der Waals surface area contributed by atoms with Crippen molar-refractivity contribution in [3.63, 3.8) is 0 Å². The molecule has 3 aliphatic rings. The lowest BCUT2D eigenvalue weighted by molar-refractivity contribution is 0.113. The maximum atomic E-state index is 6.70. The Balaban J connectivity index is 1.43. The van der Waals surface area contributed by atoms with E-state index in [1.54, 1.807) is 0 Å². The predicted molar refractivity (Wildman–Crippen MR) is 149 cm³/mol. The van der Waals surface area contributed by atoms with E-state index in [2.05, 4.69) is 74.7 Å². The van der Waals surface area contributed by atoms with E-state index in [4.69, 9.17) is 27.7 Å². The van der Waals surface area contributed by atoms with Crippen LogP contribution in [0.15, 0.2) is 65.7 Å². The Morgan fingerprint density at radius 1 is 1.03 bits per heavy atom. The van der Waals surface area contributed by atoms with Gasteiger partial charge in [0.2, 0.25) is 0 Å². The first-order chi connectivity index (χ1) is 16.9. The van der Waals surface area contributed by atoms with E-state index in [0.29, 0.717) is 23.7 Å². The third kappa shape index (κ3) is 4.84. The fraction of sp³-hybridized carbons (Fsp3) is 0.548. The SMILES string of the molecule is CC1C(Oc2ccccc2)C2CC(C)(c3ccccc3)CC1(C(=S)N=CC1CCC(CN)CC1)C2. The maximum Gasteiger partial charge on any atom is 0.119 e. The molecule has 0 radical (unpaired) electrons. The summed E-state index contributed by atoms with van der Waals surface area (Å²) in [6, 6.07) is 21.3. The van der Waals surface area contributed by atoms with Crippen LogP contribution < -0.4 is 10.5 Å². The minimum Gasteiger partial charge on any atom is -0.490 e. The molecule has 3 nitrogen and oxygen atoms in total. The van der Waals surface area contributed by atoms with Crippen molar-refractivity contribution in [2.24, 2.45) is 39.8 Å². The molecule has 0 aromatic heterocycles. The number of benzene rings is 2. The average molecular weight is 489 g/mol. The number of nitrogens with two attached hydrogens (primary N) is 1. The number of hydrogen-bond acceptors (Lipinski definition) is 3. The van der Waals surface area contributed by atoms with Crippen LogP contribution in [0.5, 0.6) is 5.75 Å². The summed E-state index contributed by atoms with van der Waals surface area (Å²) in [5, 5.41) is 0. The fourth-order valence-electron chi connectivity index (χ4n) is 7.41. The van der Waals surface area contributed by atoms with Crippen molar-refractivity contribution >= 4 is 23.4 Å². The van der Waals surface area contributed by atoms with Gasteiger partial charge in [0.1, 0.15) is 16.8 Å². The smallest absolute Gasteiger partial charge is 0.119 e. The van der Waals surface area contributed by atoms with Gasteiger partial charge in [-0.15, -0.1) is 0 Å². The van der Waals surface area contributed by atoms with Gasteiger partial charge in [-0.2, -0.15) is 0 Å². The summed E-state index contributed by atoms with van der Waals surface area (Å²) in [5.74, 6) is 2.94. The van der Waals surface area contributed by atoms with Crippen molar-refractivity contribution in [3.05, 3.63) is 66.2 Å². The lowest BCUT2D eigenvalue weighted by Gasteiger charge is -2.45. The van der Waals surface area contributed by atoms with E-state index in [9.17, 15) is 0 Å². The molecule has 0 spiro atoms. The minimum atomic E-state index is -0.118. The molecule has 35 heavy (non-hydrogen) atoms. The summed E-state index contributed by atoms with van der Waals surface area (Å²) in [6.07, 6.45) is 10.3. The van der Waals surface area contributed by atoms with Crippen LogP contribution in [0.4, 0.5) is 0 Å². The summed E-state index contributed by atoms with van der Waals surface area (Å²) in [5.41, 5.74) is 7.25. The molecular weight excluding hydrogens is 448 g/mol. The maximum absolute atomic E-state index is 6.70. The molecule has 2 N–H and O–H groups in total. The van der Waals surface area contributed by atoms with E-state index in [0.717, 1.165) is 36.5 Å². The second kappa shape index (κ2) is 10.1. The zero-order chi connectivity index (χ0) is 24.5. The molecule has 3 saturated carbocycles. The third-order valence-electron chi connectivity index (χ3n) is 9.41. The zero-order valence-corrected chi connectivity index (χ0v) is 22.1. The summed E-state index contributed by atoms with van der Waals surface area (Å²) < 4.78 is 6.70. The molecule has 186 valence electrons. The first kappa shape index (κ1) is 24.6. The molecule has 0 aliphatic heterocycles. The summed E-state index contributed by atoms with van der Waals surface area (Å²) in [7, 11) is 0. The van der Waals surface area contributed by atoms with Gasteiger partial charge in [0.15, 0.2) is 0 Å². The van der Waals surface area contributed by atoms with Gasteiger partial charge in [0.05, 0.1) is 0 Å². The molecular formula is C31H40N2OS. The fourth-order valence-corrected chi connectivity index (χ4v) is 7.81. The summed E-state index contributed by atoms with van der Waals surface area (Å²) in [6.45, 7) is 5.60. The number of nitrogens with zero attached hydrogens (tertiary/aromatic N) is 1. The summed E-state index contributed by atoms with van der Waals surface area (Å²) in [4.78, 5) is 5.96. The molecule has 5 atom stereocenters. The Kier molecular flexibility index (Phi) is 7.14. The number of aliphatic imine (C=N–C) groups is 1. The lowest BCUT2D eigenvalue weighted by Crippen LogP contribution is -2.42. The van der Waals surface area contributed by atoms with Crippen LogP contribution in [0, 0.1) is 29.1 Å². The van der Waals surface area contributed by atoms with Gasteiger partial charge in [0, 0.05) is 17.5 Å². The Bertz CT molecular complexity index is 1030. The van der Waals surface area contributed by atoms with Crippen LogP contribution in [0.3, 0.4) is 0 Å². The topological polar surface area (TPSA) is 47.6 Å². The molecule has 0 heterocycles. The van der Waals surface area contributed by atoms with Gasteiger partial charge < -0.3 is 10.5 Å². The molecule has 3 aliphatic carbocycles. The van der Waals surface area contributed by atoms with Crippen molar-refractivity contribution in [2.45, 2.75) is 70.3 Å². The van der Waals surface area contributed by atoms with E-state index >= 15 is 0 Å². The van der Waals surface area contributed by atoms with Gasteiger partial charge in [-0.25, -0.2) is 0 Å². The number of hydrogen-bond donors (Lipinski definition) is 1. The van der Waals surface area contributed by atoms with Crippen LogP contribution in [0.1, 0.15) is 64.4 Å². The molecule has 4 heteroatoms. The zero-order valence-electron chi connectivity index (χ0n) is 21.2. The number of thiocarbonyl (C=S) groups is 1. The van der Waals surface area contributed by atoms with Gasteiger partial charge in [-0.3, -0.25) is 4.99 Å². The number of rotatable bonds is 6. The highest BCUT2D eigenvalue weighted by Gasteiger charge is 2.61. The van der Waals surface area contributed by atoms with Crippen molar-refractivity contribution in [2.75, 3.05) is 6.54 Å². The predicted octanol–water partition coefficient (Wildman–Crippen LogP) is 6.99. The second-order valence-corrected chi connectivity index (χ2v) is 12.1. The lowest BCUT2D eigenvalue weighted by atomic mass is 9.59. The van der Waals surface area contributed by atoms with Crippen molar-refractivity contribution in [1.29, 1.82) is 0 Å². The monoisotopic (exact) mass is 488 g/mol. The Morgan fingerprint density at radius 3 is 2.34 bits per heavy atom. The van der Waals surface area contributed by atoms with E-state index in [1.807, 2.05) is 6.07 Å². The van der Waals surface area contributed by atoms with Gasteiger partial charge in [-0.1, -0.05) is 74.6 Å². The van der Waals surface area contributed by atoms with E-state index in [1.165, 1.54) is 31.2 Å². The Labute approximate surface area is 216 Å². The van der Waals surface area contributed by atoms with Gasteiger partial charge >= 0.3 is 0 Å². The highest BCUT2D eigenvalue weighted by molar-refractivity contribution is 7.80. The van der Waals surface area contributed by atoms with E-state index < -0.39 is 0 Å². The Morgan fingerprint density at radius 2 is 1.69 bits per heavy atom. The molecule has 5 unspecified atom stereocenters. The normalized spacial score (nSPS) is 36.8. The van der Waals surface area contributed by atoms with Crippen LogP contribution in [-0.2, 0) is 5.41 Å². The number of fused-ring (bicyclic) bond motifs is 2. The quantitative estimate of drug-likeness (QED) is 0.352. The first-order valence-electron chi connectivity index (χ1n) is 13.5. The van der Waals surface area contributed by atoms with E-state index in [-0.39, 0.29) is 16.9 Å². The molecule has 2 aromatic carbocycles. The second-order valence-electron chi connectivity index (χ2n) is 11.7. The van der Waals surface area contributed by atoms with Crippen molar-refractivity contribution in [3.8, 4) is 5.75 Å². The van der Waals surface area contributed by atoms with Gasteiger partial charge in [-0.05, 0) is 92.4 Å². The molecule has 2 aromatic rings. The average Bonchev–Trinajstić information content (AvgIpc) is 3.10. The van der Waals surface area contributed by atoms with Crippen molar-refractivity contribution in [1.82, 2.24) is 0 Å². The molecule has 0 amide bonds. The highest BCUT2D eigenvalue weighted by atomic mass is 32.1. The molecule has 3 fully saturated rings. The Hall–Kier alpha value is -2.04. The standard InChI is InChI=1S/C31H40N2OS/c1-22-28(34-27-11-7-4-8-12-27)25-17-30(2,26-9-5-3-6-10-26)21-31(22,18-25)29(35)33-20-24-15-13-23(19-32)14-16-24/h3-12,20,22-25,28H,13-19,21,32H2,1-2H3. The number of ether oxygens (including phenoxy) is 1. The highest BCUT2D eigenvalue weighted by Crippen LogP contribution is 2.62. The minimum absolute atomic E-state index is 0.0615. The molecule has 2 bridgehead atoms. The molecule has 0 saturated heterocycles. The van der Waals surface area contributed by atoms with Crippen LogP contribution >= 0.6 is 12.2 Å². The number of para-hydroxylation sites is 1. The summed E-state index contributed by atoms with van der Waals surface area (Å²) >= 11 is 6.20.